The van der Waals surface area contributed by atoms with Crippen molar-refractivity contribution in [1.82, 2.24) is 4.98 Å². The number of imide groups is 1. The lowest BCUT2D eigenvalue weighted by atomic mass is 9.81. The van der Waals surface area contributed by atoms with Gasteiger partial charge in [0.25, 0.3) is 0 Å². The maximum absolute atomic E-state index is 13.5. The highest BCUT2D eigenvalue weighted by molar-refractivity contribution is 9.12. The van der Waals surface area contributed by atoms with Crippen LogP contribution < -0.4 is 4.90 Å². The van der Waals surface area contributed by atoms with Gasteiger partial charge in [0.05, 0.1) is 34.3 Å². The fraction of sp³-hybridized carbons (Fsp3) is 0.265. The first-order chi connectivity index (χ1) is 21.5. The van der Waals surface area contributed by atoms with Crippen LogP contribution in [-0.2, 0) is 14.3 Å². The normalized spacial score (nSPS) is 25.2. The SMILES string of the molecule is Cc1c(Cl)ccc2c(C(=O)OCC(=O)c3ccc(F)cc3)cc(-c3ccc(N4C(=O)C5C6CC(C(Br)C6Br)C5C4=O)cc3)nc12. The van der Waals surface area contributed by atoms with E-state index in [9.17, 15) is 23.6 Å². The summed E-state index contributed by atoms with van der Waals surface area (Å²) in [5.74, 6) is -2.42. The summed E-state index contributed by atoms with van der Waals surface area (Å²) in [7, 11) is 0. The lowest BCUT2D eigenvalue weighted by Crippen LogP contribution is -2.37. The lowest BCUT2D eigenvalue weighted by molar-refractivity contribution is -0.123. The van der Waals surface area contributed by atoms with E-state index in [1.807, 2.05) is 0 Å². The number of alkyl halides is 2. The van der Waals surface area contributed by atoms with Gasteiger partial charge in [-0.1, -0.05) is 61.7 Å². The molecule has 1 aliphatic heterocycles. The lowest BCUT2D eigenvalue weighted by Gasteiger charge is -2.28. The smallest absolute Gasteiger partial charge is 0.339 e. The molecule has 2 heterocycles. The predicted octanol–water partition coefficient (Wildman–Crippen LogP) is 7.32. The van der Waals surface area contributed by atoms with E-state index >= 15 is 0 Å². The number of halogens is 4. The molecule has 11 heteroatoms. The maximum atomic E-state index is 13.5. The third-order valence-electron chi connectivity index (χ3n) is 9.30. The highest BCUT2D eigenvalue weighted by Gasteiger charge is 2.66. The van der Waals surface area contributed by atoms with E-state index in [0.29, 0.717) is 38.4 Å². The van der Waals surface area contributed by atoms with Crippen molar-refractivity contribution < 1.29 is 28.3 Å². The van der Waals surface area contributed by atoms with Crippen LogP contribution >= 0.6 is 43.5 Å². The number of anilines is 1. The zero-order valence-corrected chi connectivity index (χ0v) is 27.6. The van der Waals surface area contributed by atoms with Crippen molar-refractivity contribution in [3.8, 4) is 11.3 Å². The number of aromatic nitrogens is 1. The summed E-state index contributed by atoms with van der Waals surface area (Å²) < 4.78 is 18.7. The van der Waals surface area contributed by atoms with Crippen LogP contribution in [0.25, 0.3) is 22.2 Å². The van der Waals surface area contributed by atoms with Crippen molar-refractivity contribution >= 4 is 83.6 Å². The summed E-state index contributed by atoms with van der Waals surface area (Å²) in [5, 5.41) is 0.969. The molecule has 2 aliphatic carbocycles. The molecule has 0 spiro atoms. The molecule has 0 radical (unpaired) electrons. The number of fused-ring (bicyclic) bond motifs is 6. The minimum atomic E-state index is -0.734. The number of hydrogen-bond acceptors (Lipinski definition) is 6. The minimum absolute atomic E-state index is 0.117. The van der Waals surface area contributed by atoms with E-state index in [2.05, 4.69) is 31.9 Å². The molecule has 1 aromatic heterocycles. The largest absolute Gasteiger partial charge is 0.454 e. The van der Waals surface area contributed by atoms with Gasteiger partial charge in [0.1, 0.15) is 5.82 Å². The summed E-state index contributed by atoms with van der Waals surface area (Å²) in [6, 6.07) is 16.8. The highest BCUT2D eigenvalue weighted by Crippen LogP contribution is 2.60. The van der Waals surface area contributed by atoms with E-state index < -0.39 is 24.2 Å². The molecule has 2 amide bonds. The number of rotatable bonds is 6. The van der Waals surface area contributed by atoms with E-state index in [4.69, 9.17) is 21.3 Å². The van der Waals surface area contributed by atoms with E-state index in [-0.39, 0.29) is 56.3 Å². The summed E-state index contributed by atoms with van der Waals surface area (Å²) in [6.07, 6.45) is 0.855. The fourth-order valence-corrected chi connectivity index (χ4v) is 9.06. The number of ketones is 1. The Kier molecular flexibility index (Phi) is 7.65. The molecule has 3 aromatic carbocycles. The summed E-state index contributed by atoms with van der Waals surface area (Å²) in [4.78, 5) is 59.3. The molecule has 45 heavy (non-hydrogen) atoms. The van der Waals surface area contributed by atoms with Crippen molar-refractivity contribution in [2.75, 3.05) is 11.5 Å². The summed E-state index contributed by atoms with van der Waals surface area (Å²) in [6.45, 7) is 1.26. The molecule has 3 aliphatic rings. The Labute approximate surface area is 279 Å². The topological polar surface area (TPSA) is 93.6 Å². The van der Waals surface area contributed by atoms with Gasteiger partial charge in [-0.25, -0.2) is 14.2 Å². The molecule has 7 nitrogen and oxygen atoms in total. The Balaban J connectivity index is 1.18. The Bertz CT molecular complexity index is 1890. The Morgan fingerprint density at radius 2 is 1.58 bits per heavy atom. The molecule has 4 aromatic rings. The number of hydrogen-bond donors (Lipinski definition) is 0. The van der Waals surface area contributed by atoms with Gasteiger partial charge in [-0.05, 0) is 79.3 Å². The van der Waals surface area contributed by atoms with E-state index in [1.165, 1.54) is 17.0 Å². The van der Waals surface area contributed by atoms with E-state index in [0.717, 1.165) is 18.6 Å². The van der Waals surface area contributed by atoms with Gasteiger partial charge < -0.3 is 4.74 Å². The number of amides is 2. The first-order valence-electron chi connectivity index (χ1n) is 14.4. The number of esters is 1. The van der Waals surface area contributed by atoms with Gasteiger partial charge >= 0.3 is 5.97 Å². The second-order valence-corrected chi connectivity index (χ2v) is 14.2. The first kappa shape index (κ1) is 30.2. The summed E-state index contributed by atoms with van der Waals surface area (Å²) >= 11 is 13.8. The number of Topliss-reactive ketones (excluding diaryl/α,β-unsaturated/α-hetero) is 1. The van der Waals surface area contributed by atoms with Crippen LogP contribution in [0.1, 0.15) is 32.7 Å². The molecular formula is C34H24Br2ClFN2O5. The second-order valence-electron chi connectivity index (χ2n) is 11.7. The number of carbonyl (C=O) groups excluding carboxylic acids is 4. The van der Waals surface area contributed by atoms with Gasteiger partial charge in [0.2, 0.25) is 11.8 Å². The van der Waals surface area contributed by atoms with Crippen LogP contribution in [0.15, 0.2) is 66.7 Å². The fourth-order valence-electron chi connectivity index (χ4n) is 7.03. The average Bonchev–Trinajstić information content (AvgIpc) is 3.66. The quantitative estimate of drug-likeness (QED) is 0.0887. The Morgan fingerprint density at radius 1 is 0.956 bits per heavy atom. The predicted molar refractivity (Wildman–Crippen MR) is 174 cm³/mol. The van der Waals surface area contributed by atoms with Gasteiger partial charge in [-0.2, -0.15) is 0 Å². The second kappa shape index (κ2) is 11.4. The van der Waals surface area contributed by atoms with Gasteiger partial charge in [0, 0.05) is 31.2 Å². The van der Waals surface area contributed by atoms with Crippen molar-refractivity contribution in [2.45, 2.75) is 23.0 Å². The van der Waals surface area contributed by atoms with Gasteiger partial charge in [-0.3, -0.25) is 19.3 Å². The van der Waals surface area contributed by atoms with Crippen LogP contribution in [0, 0.1) is 36.4 Å². The van der Waals surface area contributed by atoms with Gasteiger partial charge in [-0.15, -0.1) is 0 Å². The van der Waals surface area contributed by atoms with Crippen molar-refractivity contribution in [3.05, 3.63) is 94.3 Å². The highest BCUT2D eigenvalue weighted by atomic mass is 79.9. The molecular weight excluding hydrogens is 731 g/mol. The summed E-state index contributed by atoms with van der Waals surface area (Å²) in [5.41, 5.74) is 3.12. The van der Waals surface area contributed by atoms with Crippen LogP contribution in [0.3, 0.4) is 0 Å². The molecule has 7 rings (SSSR count). The van der Waals surface area contributed by atoms with Crippen LogP contribution in [0.2, 0.25) is 5.02 Å². The van der Waals surface area contributed by atoms with Crippen LogP contribution in [0.4, 0.5) is 10.1 Å². The monoisotopic (exact) mass is 752 g/mol. The first-order valence-corrected chi connectivity index (χ1v) is 16.6. The number of aryl methyl sites for hydroxylation is 1. The number of benzene rings is 3. The molecule has 1 saturated heterocycles. The molecule has 0 N–H and O–H groups in total. The third kappa shape index (κ3) is 4.93. The third-order valence-corrected chi connectivity index (χ3v) is 12.9. The zero-order chi connectivity index (χ0) is 31.7. The standard InChI is InChI=1S/C34H24Br2ClFN2O5/c1-15-24(37)11-10-20-21(34(44)45-14-26(41)17-2-6-18(38)7-3-17)13-25(39-31(15)20)16-4-8-19(9-5-16)40-32(42)27-22-12-23(28(27)33(40)43)30(36)29(22)35/h2-11,13,22-23,27-30H,12,14H2,1H3. The van der Waals surface area contributed by atoms with Crippen molar-refractivity contribution in [3.63, 3.8) is 0 Å². The zero-order valence-electron chi connectivity index (χ0n) is 23.7. The number of pyridine rings is 1. The molecule has 6 unspecified atom stereocenters. The van der Waals surface area contributed by atoms with Crippen LogP contribution in [0.5, 0.6) is 0 Å². The molecule has 3 fully saturated rings. The average molecular weight is 755 g/mol. The molecule has 228 valence electrons. The van der Waals surface area contributed by atoms with Crippen molar-refractivity contribution in [1.29, 1.82) is 0 Å². The Hall–Kier alpha value is -3.47. The maximum Gasteiger partial charge on any atom is 0.339 e. The number of carbonyl (C=O) groups is 4. The minimum Gasteiger partial charge on any atom is -0.454 e. The molecule has 6 atom stereocenters. The molecule has 2 saturated carbocycles. The van der Waals surface area contributed by atoms with Gasteiger partial charge in [0.15, 0.2) is 12.4 Å². The van der Waals surface area contributed by atoms with Crippen LogP contribution in [-0.4, -0.2) is 44.8 Å². The van der Waals surface area contributed by atoms with Crippen molar-refractivity contribution in [2.24, 2.45) is 23.7 Å². The Morgan fingerprint density at radius 3 is 2.20 bits per heavy atom. The van der Waals surface area contributed by atoms with E-state index in [1.54, 1.807) is 49.4 Å². The number of nitrogens with zero attached hydrogens (tertiary/aromatic N) is 2. The molecule has 2 bridgehead atoms. The number of ether oxygens (including phenoxy) is 1.